The largest absolute Gasteiger partial charge is 0.495 e. The summed E-state index contributed by atoms with van der Waals surface area (Å²) in [5.41, 5.74) is 2.63. The van der Waals surface area contributed by atoms with Gasteiger partial charge in [0, 0.05) is 0 Å². The van der Waals surface area contributed by atoms with Gasteiger partial charge < -0.3 is 4.74 Å². The first-order chi connectivity index (χ1) is 6.86. The maximum absolute atomic E-state index is 5.40. The Kier molecular flexibility index (Phi) is 2.68. The minimum absolute atomic E-state index is 0.170. The summed E-state index contributed by atoms with van der Waals surface area (Å²) in [6.07, 6.45) is 7.15. The van der Waals surface area contributed by atoms with Gasteiger partial charge in [-0.1, -0.05) is 30.3 Å². The van der Waals surface area contributed by atoms with E-state index in [-0.39, 0.29) is 6.10 Å². The second kappa shape index (κ2) is 4.14. The van der Waals surface area contributed by atoms with Gasteiger partial charge in [0.15, 0.2) is 0 Å². The van der Waals surface area contributed by atoms with Gasteiger partial charge in [0.2, 0.25) is 0 Å². The van der Waals surface area contributed by atoms with Crippen LogP contribution in [0.25, 0.3) is 5.57 Å². The Morgan fingerprint density at radius 1 is 1.21 bits per heavy atom. The molecule has 0 amide bonds. The fraction of sp³-hybridized carbons (Fsp3) is 0.231. The molecule has 0 fully saturated rings. The van der Waals surface area contributed by atoms with Gasteiger partial charge >= 0.3 is 0 Å². The molecule has 0 radical (unpaired) electrons. The lowest BCUT2D eigenvalue weighted by molar-refractivity contribution is 0.205. The smallest absolute Gasteiger partial charge is 0.114 e. The molecule has 72 valence electrons. The number of ether oxygens (including phenoxy) is 1. The van der Waals surface area contributed by atoms with Crippen molar-refractivity contribution in [1.29, 1.82) is 0 Å². The molecule has 1 heteroatoms. The van der Waals surface area contributed by atoms with Crippen LogP contribution in [0.3, 0.4) is 0 Å². The quantitative estimate of drug-likeness (QED) is 0.653. The fourth-order valence-electron chi connectivity index (χ4n) is 1.61. The summed E-state index contributed by atoms with van der Waals surface area (Å²) >= 11 is 0. The lowest BCUT2D eigenvalue weighted by Gasteiger charge is -2.06. The number of hydrogen-bond acceptors (Lipinski definition) is 1. The zero-order valence-electron chi connectivity index (χ0n) is 8.31. The minimum atomic E-state index is 0.170. The van der Waals surface area contributed by atoms with Crippen LogP contribution in [0.5, 0.6) is 0 Å². The number of allylic oxidation sites excluding steroid dienone is 2. The molecule has 0 aliphatic carbocycles. The Morgan fingerprint density at radius 2 is 2.00 bits per heavy atom. The normalized spacial score (nSPS) is 20.9. The SMILES string of the molecule is CC1C=C(c2ccccc2)CC=CO1. The van der Waals surface area contributed by atoms with Gasteiger partial charge in [-0.15, -0.1) is 0 Å². The summed E-state index contributed by atoms with van der Waals surface area (Å²) in [5.74, 6) is 0. The van der Waals surface area contributed by atoms with Gasteiger partial charge in [0.1, 0.15) is 6.10 Å². The molecule has 0 saturated heterocycles. The van der Waals surface area contributed by atoms with Gasteiger partial charge in [0.25, 0.3) is 0 Å². The molecule has 1 aliphatic rings. The Balaban J connectivity index is 2.29. The van der Waals surface area contributed by atoms with E-state index in [2.05, 4.69) is 43.3 Å². The van der Waals surface area contributed by atoms with Crippen LogP contribution in [0.15, 0.2) is 48.7 Å². The van der Waals surface area contributed by atoms with Crippen molar-refractivity contribution in [1.82, 2.24) is 0 Å². The summed E-state index contributed by atoms with van der Waals surface area (Å²) in [4.78, 5) is 0. The number of benzene rings is 1. The lowest BCUT2D eigenvalue weighted by atomic mass is 10.0. The van der Waals surface area contributed by atoms with Crippen LogP contribution in [-0.2, 0) is 4.74 Å². The van der Waals surface area contributed by atoms with Crippen molar-refractivity contribution in [2.45, 2.75) is 19.4 Å². The van der Waals surface area contributed by atoms with Gasteiger partial charge in [-0.2, -0.15) is 0 Å². The first-order valence-electron chi connectivity index (χ1n) is 4.93. The molecule has 1 nitrogen and oxygen atoms in total. The molecule has 0 N–H and O–H groups in total. The maximum atomic E-state index is 5.40. The van der Waals surface area contributed by atoms with Crippen molar-refractivity contribution >= 4 is 5.57 Å². The molecular weight excluding hydrogens is 172 g/mol. The van der Waals surface area contributed by atoms with Crippen molar-refractivity contribution in [3.05, 3.63) is 54.3 Å². The van der Waals surface area contributed by atoms with Crippen molar-refractivity contribution in [3.63, 3.8) is 0 Å². The van der Waals surface area contributed by atoms with Crippen LogP contribution in [0.1, 0.15) is 18.9 Å². The van der Waals surface area contributed by atoms with E-state index in [1.165, 1.54) is 11.1 Å². The van der Waals surface area contributed by atoms with Crippen molar-refractivity contribution < 1.29 is 4.74 Å². The first-order valence-corrected chi connectivity index (χ1v) is 4.93. The predicted molar refractivity (Wildman–Crippen MR) is 58.7 cm³/mol. The summed E-state index contributed by atoms with van der Waals surface area (Å²) < 4.78 is 5.40. The van der Waals surface area contributed by atoms with Gasteiger partial charge in [-0.3, -0.25) is 0 Å². The highest BCUT2D eigenvalue weighted by Gasteiger charge is 2.05. The third kappa shape index (κ3) is 2.05. The highest BCUT2D eigenvalue weighted by Crippen LogP contribution is 2.21. The van der Waals surface area contributed by atoms with E-state index in [4.69, 9.17) is 4.74 Å². The minimum Gasteiger partial charge on any atom is -0.495 e. The van der Waals surface area contributed by atoms with E-state index in [9.17, 15) is 0 Å². The Morgan fingerprint density at radius 3 is 2.79 bits per heavy atom. The van der Waals surface area contributed by atoms with Gasteiger partial charge in [-0.25, -0.2) is 0 Å². The second-order valence-electron chi connectivity index (χ2n) is 3.48. The molecule has 2 rings (SSSR count). The topological polar surface area (TPSA) is 9.23 Å². The van der Waals surface area contributed by atoms with Crippen LogP contribution in [0.4, 0.5) is 0 Å². The Labute approximate surface area is 84.7 Å². The molecule has 0 spiro atoms. The average molecular weight is 186 g/mol. The molecule has 14 heavy (non-hydrogen) atoms. The molecule has 1 aliphatic heterocycles. The molecule has 0 aromatic heterocycles. The fourth-order valence-corrected chi connectivity index (χ4v) is 1.61. The molecule has 0 bridgehead atoms. The molecule has 1 aromatic rings. The Bertz CT molecular complexity index is 349. The third-order valence-electron chi connectivity index (χ3n) is 2.31. The summed E-state index contributed by atoms with van der Waals surface area (Å²) in [7, 11) is 0. The van der Waals surface area contributed by atoms with Crippen molar-refractivity contribution in [2.75, 3.05) is 0 Å². The standard InChI is InChI=1S/C13H14O/c1-11-10-13(8-5-9-14-11)12-6-3-2-4-7-12/h2-7,9-11H,8H2,1H3. The van der Waals surface area contributed by atoms with Crippen molar-refractivity contribution in [3.8, 4) is 0 Å². The van der Waals surface area contributed by atoms with Crippen LogP contribution in [0.2, 0.25) is 0 Å². The van der Waals surface area contributed by atoms with Crippen LogP contribution < -0.4 is 0 Å². The zero-order chi connectivity index (χ0) is 9.80. The highest BCUT2D eigenvalue weighted by molar-refractivity contribution is 5.67. The van der Waals surface area contributed by atoms with E-state index in [1.807, 2.05) is 6.07 Å². The summed E-state index contributed by atoms with van der Waals surface area (Å²) in [5, 5.41) is 0. The molecule has 1 heterocycles. The van der Waals surface area contributed by atoms with Crippen LogP contribution in [-0.4, -0.2) is 6.10 Å². The molecule has 1 atom stereocenters. The van der Waals surface area contributed by atoms with Crippen LogP contribution >= 0.6 is 0 Å². The highest BCUT2D eigenvalue weighted by atomic mass is 16.5. The van der Waals surface area contributed by atoms with E-state index >= 15 is 0 Å². The Hall–Kier alpha value is -1.50. The lowest BCUT2D eigenvalue weighted by Crippen LogP contribution is -1.98. The third-order valence-corrected chi connectivity index (χ3v) is 2.31. The zero-order valence-corrected chi connectivity index (χ0v) is 8.31. The number of rotatable bonds is 1. The monoisotopic (exact) mass is 186 g/mol. The van der Waals surface area contributed by atoms with E-state index < -0.39 is 0 Å². The molecule has 1 aromatic carbocycles. The van der Waals surface area contributed by atoms with Gasteiger partial charge in [-0.05, 0) is 36.6 Å². The van der Waals surface area contributed by atoms with Crippen LogP contribution in [0, 0.1) is 0 Å². The van der Waals surface area contributed by atoms with E-state index in [1.54, 1.807) is 6.26 Å². The van der Waals surface area contributed by atoms with E-state index in [0.717, 1.165) is 6.42 Å². The number of hydrogen-bond donors (Lipinski definition) is 0. The second-order valence-corrected chi connectivity index (χ2v) is 3.48. The molecular formula is C13H14O. The molecule has 0 saturated carbocycles. The maximum Gasteiger partial charge on any atom is 0.114 e. The predicted octanol–water partition coefficient (Wildman–Crippen LogP) is 3.39. The molecule has 1 unspecified atom stereocenters. The summed E-state index contributed by atoms with van der Waals surface area (Å²) in [6.45, 7) is 2.05. The van der Waals surface area contributed by atoms with Crippen molar-refractivity contribution in [2.24, 2.45) is 0 Å². The summed E-state index contributed by atoms with van der Waals surface area (Å²) in [6, 6.07) is 10.4. The average Bonchev–Trinajstić information content (AvgIpc) is 2.44. The first kappa shape index (κ1) is 9.07. The van der Waals surface area contributed by atoms with E-state index in [0.29, 0.717) is 0 Å². The van der Waals surface area contributed by atoms with Gasteiger partial charge in [0.05, 0.1) is 6.26 Å².